The summed E-state index contributed by atoms with van der Waals surface area (Å²) >= 11 is 0. The number of aliphatic hydroxyl groups is 1. The van der Waals surface area contributed by atoms with Crippen molar-refractivity contribution in [3.8, 4) is 0 Å². The van der Waals surface area contributed by atoms with E-state index in [4.69, 9.17) is 0 Å². The number of nitrogens with one attached hydrogen (secondary N) is 3. The van der Waals surface area contributed by atoms with Crippen LogP contribution in [-0.2, 0) is 4.79 Å². The predicted octanol–water partition coefficient (Wildman–Crippen LogP) is 1.28. The molecule has 0 fully saturated rings. The molecule has 3 rings (SSSR count). The Labute approximate surface area is 116 Å². The molecule has 1 heterocycles. The number of amides is 1. The van der Waals surface area contributed by atoms with Crippen molar-refractivity contribution in [2.45, 2.75) is 18.4 Å². The third-order valence-electron chi connectivity index (χ3n) is 3.83. The van der Waals surface area contributed by atoms with Crippen LogP contribution in [0.25, 0.3) is 17.0 Å². The van der Waals surface area contributed by atoms with Gasteiger partial charge in [0.2, 0.25) is 6.41 Å². The van der Waals surface area contributed by atoms with E-state index in [9.17, 15) is 9.90 Å². The van der Waals surface area contributed by atoms with Gasteiger partial charge in [-0.05, 0) is 24.1 Å². The highest BCUT2D eigenvalue weighted by atomic mass is 16.3. The number of carbonyl (C=O) groups is 1. The zero-order chi connectivity index (χ0) is 13.9. The van der Waals surface area contributed by atoms with Crippen molar-refractivity contribution in [1.82, 2.24) is 15.8 Å². The van der Waals surface area contributed by atoms with Gasteiger partial charge in [0.25, 0.3) is 0 Å². The number of H-pyrrole nitrogens is 1. The maximum atomic E-state index is 10.4. The highest BCUT2D eigenvalue weighted by molar-refractivity contribution is 5.88. The summed E-state index contributed by atoms with van der Waals surface area (Å²) < 4.78 is 0. The summed E-state index contributed by atoms with van der Waals surface area (Å²) in [6, 6.07) is 7.92. The normalized spacial score (nSPS) is 18.8. The van der Waals surface area contributed by atoms with Gasteiger partial charge in [-0.25, -0.2) is 5.43 Å². The Balaban J connectivity index is 2.03. The topological polar surface area (TPSA) is 77.2 Å². The van der Waals surface area contributed by atoms with Crippen LogP contribution >= 0.6 is 0 Å². The molecule has 0 spiro atoms. The smallest absolute Gasteiger partial charge is 0.221 e. The molecule has 4 N–H and O–H groups in total. The number of aromatic amines is 1. The first kappa shape index (κ1) is 12.9. The van der Waals surface area contributed by atoms with Crippen molar-refractivity contribution in [3.63, 3.8) is 0 Å². The summed E-state index contributed by atoms with van der Waals surface area (Å²) in [5.41, 5.74) is 8.68. The van der Waals surface area contributed by atoms with E-state index in [2.05, 4.69) is 34.1 Å². The highest BCUT2D eigenvalue weighted by Crippen LogP contribution is 2.37. The van der Waals surface area contributed by atoms with Gasteiger partial charge >= 0.3 is 0 Å². The largest absolute Gasteiger partial charge is 0.395 e. The predicted molar refractivity (Wildman–Crippen MR) is 77.9 cm³/mol. The molecule has 5 nitrogen and oxygen atoms in total. The molecule has 1 amide bonds. The Morgan fingerprint density at radius 1 is 1.45 bits per heavy atom. The van der Waals surface area contributed by atoms with E-state index in [-0.39, 0.29) is 18.6 Å². The molecule has 1 aromatic carbocycles. The molecule has 0 saturated carbocycles. The first-order valence-electron chi connectivity index (χ1n) is 6.68. The van der Waals surface area contributed by atoms with E-state index in [0.29, 0.717) is 6.41 Å². The van der Waals surface area contributed by atoms with Gasteiger partial charge in [0.1, 0.15) is 0 Å². The summed E-state index contributed by atoms with van der Waals surface area (Å²) in [5, 5.41) is 10.8. The fraction of sp³-hybridized carbons (Fsp3) is 0.267. The summed E-state index contributed by atoms with van der Waals surface area (Å²) in [6.45, 7) is -0.0434. The van der Waals surface area contributed by atoms with Crippen molar-refractivity contribution >= 4 is 23.4 Å². The van der Waals surface area contributed by atoms with Crippen molar-refractivity contribution in [1.29, 1.82) is 0 Å². The molecule has 0 saturated heterocycles. The number of allylic oxidation sites excluding steroid dienone is 1. The van der Waals surface area contributed by atoms with Crippen molar-refractivity contribution < 1.29 is 9.90 Å². The molecular weight excluding hydrogens is 254 g/mol. The van der Waals surface area contributed by atoms with Gasteiger partial charge in [0.15, 0.2) is 0 Å². The van der Waals surface area contributed by atoms with Gasteiger partial charge in [-0.3, -0.25) is 10.2 Å². The van der Waals surface area contributed by atoms with E-state index in [1.165, 1.54) is 10.9 Å². The molecule has 104 valence electrons. The lowest BCUT2D eigenvalue weighted by molar-refractivity contribution is -0.110. The van der Waals surface area contributed by atoms with Crippen molar-refractivity contribution in [2.75, 3.05) is 6.61 Å². The zero-order valence-corrected chi connectivity index (χ0v) is 11.0. The lowest BCUT2D eigenvalue weighted by Crippen LogP contribution is -2.46. The number of para-hydroxylation sites is 1. The first-order valence-corrected chi connectivity index (χ1v) is 6.68. The standard InChI is InChI=1S/C15H17N3O2/c19-8-14(18-16-9-20)11-5-3-7-13-15(11)10-4-1-2-6-12(10)17-13/h1-4,6-7,9,11,14,17-19H,5,8H2,(H,16,20). The van der Waals surface area contributed by atoms with E-state index in [1.54, 1.807) is 0 Å². The van der Waals surface area contributed by atoms with Crippen LogP contribution in [0.3, 0.4) is 0 Å². The second kappa shape index (κ2) is 5.48. The Morgan fingerprint density at radius 3 is 3.10 bits per heavy atom. The number of hydrogen-bond acceptors (Lipinski definition) is 3. The zero-order valence-electron chi connectivity index (χ0n) is 11.0. The van der Waals surface area contributed by atoms with Crippen LogP contribution < -0.4 is 10.9 Å². The number of hydrazine groups is 1. The van der Waals surface area contributed by atoms with E-state index in [0.717, 1.165) is 17.6 Å². The van der Waals surface area contributed by atoms with Gasteiger partial charge in [-0.1, -0.05) is 24.3 Å². The molecule has 1 aliphatic rings. The third-order valence-corrected chi connectivity index (χ3v) is 3.83. The SMILES string of the molecule is O=CNNC(CO)C1CC=Cc2[nH]c3ccccc3c21. The van der Waals surface area contributed by atoms with E-state index in [1.807, 2.05) is 18.2 Å². The average Bonchev–Trinajstić information content (AvgIpc) is 2.87. The summed E-state index contributed by atoms with van der Waals surface area (Å²) in [4.78, 5) is 13.8. The molecule has 2 aromatic rings. The molecule has 1 aromatic heterocycles. The molecule has 0 aliphatic heterocycles. The van der Waals surface area contributed by atoms with Gasteiger partial charge in [0.05, 0.1) is 12.6 Å². The minimum atomic E-state index is -0.219. The molecule has 20 heavy (non-hydrogen) atoms. The molecule has 0 radical (unpaired) electrons. The Kier molecular flexibility index (Phi) is 3.54. The average molecular weight is 271 g/mol. The fourth-order valence-electron chi connectivity index (χ4n) is 2.95. The van der Waals surface area contributed by atoms with Gasteiger partial charge in [-0.2, -0.15) is 0 Å². The number of rotatable bonds is 5. The van der Waals surface area contributed by atoms with Crippen LogP contribution in [0, 0.1) is 0 Å². The monoisotopic (exact) mass is 271 g/mol. The van der Waals surface area contributed by atoms with Gasteiger partial charge in [-0.15, -0.1) is 0 Å². The number of fused-ring (bicyclic) bond motifs is 3. The van der Waals surface area contributed by atoms with Gasteiger partial charge < -0.3 is 10.1 Å². The lowest BCUT2D eigenvalue weighted by atomic mass is 9.84. The number of aromatic nitrogens is 1. The number of hydrogen-bond donors (Lipinski definition) is 4. The fourth-order valence-corrected chi connectivity index (χ4v) is 2.95. The molecular formula is C15H17N3O2. The molecule has 2 atom stereocenters. The minimum absolute atomic E-state index is 0.0434. The minimum Gasteiger partial charge on any atom is -0.395 e. The van der Waals surface area contributed by atoms with Crippen LogP contribution in [0.2, 0.25) is 0 Å². The Hall–Kier alpha value is -2.11. The molecule has 0 bridgehead atoms. The van der Waals surface area contributed by atoms with E-state index >= 15 is 0 Å². The second-order valence-corrected chi connectivity index (χ2v) is 4.94. The third kappa shape index (κ3) is 2.11. The van der Waals surface area contributed by atoms with Crippen molar-refractivity contribution in [3.05, 3.63) is 41.6 Å². The second-order valence-electron chi connectivity index (χ2n) is 4.94. The molecule has 5 heteroatoms. The maximum Gasteiger partial charge on any atom is 0.221 e. The van der Waals surface area contributed by atoms with Crippen LogP contribution in [0.5, 0.6) is 0 Å². The summed E-state index contributed by atoms with van der Waals surface area (Å²) in [7, 11) is 0. The number of benzene rings is 1. The first-order chi connectivity index (χ1) is 9.85. The Morgan fingerprint density at radius 2 is 2.30 bits per heavy atom. The summed E-state index contributed by atoms with van der Waals surface area (Å²) in [5.74, 6) is 0.114. The highest BCUT2D eigenvalue weighted by Gasteiger charge is 2.28. The lowest BCUT2D eigenvalue weighted by Gasteiger charge is -2.27. The van der Waals surface area contributed by atoms with Crippen molar-refractivity contribution in [2.24, 2.45) is 0 Å². The van der Waals surface area contributed by atoms with Gasteiger partial charge in [0, 0.05) is 22.5 Å². The molecule has 2 unspecified atom stereocenters. The maximum absolute atomic E-state index is 10.4. The van der Waals surface area contributed by atoms with Crippen LogP contribution in [0.4, 0.5) is 0 Å². The number of carbonyl (C=O) groups excluding carboxylic acids is 1. The molecule has 1 aliphatic carbocycles. The Bertz CT molecular complexity index is 648. The van der Waals surface area contributed by atoms with Crippen LogP contribution in [0.15, 0.2) is 30.3 Å². The number of aliphatic hydroxyl groups excluding tert-OH is 1. The quantitative estimate of drug-likeness (QED) is 0.489. The van der Waals surface area contributed by atoms with E-state index < -0.39 is 0 Å². The summed E-state index contributed by atoms with van der Waals surface area (Å²) in [6.07, 6.45) is 5.58. The van der Waals surface area contributed by atoms with Crippen LogP contribution in [0.1, 0.15) is 23.6 Å². The van der Waals surface area contributed by atoms with Crippen LogP contribution in [-0.4, -0.2) is 29.1 Å².